The van der Waals surface area contributed by atoms with Crippen LogP contribution < -0.4 is 5.56 Å². The highest BCUT2D eigenvalue weighted by molar-refractivity contribution is 5.83. The van der Waals surface area contributed by atoms with Gasteiger partial charge in [-0.2, -0.15) is 5.10 Å². The number of rotatable bonds is 3. The van der Waals surface area contributed by atoms with Crippen molar-refractivity contribution in [1.82, 2.24) is 14.8 Å². The topological polar surface area (TPSA) is 91.1 Å². The molecule has 2 aromatic carbocycles. The number of fused-ring (bicyclic) bond motifs is 2. The Bertz CT molecular complexity index is 1230. The molecule has 3 N–H and O–H groups in total. The van der Waals surface area contributed by atoms with Gasteiger partial charge >= 0.3 is 0 Å². The summed E-state index contributed by atoms with van der Waals surface area (Å²) >= 11 is 0. The number of aromatic amines is 1. The Morgan fingerprint density at radius 2 is 1.67 bits per heavy atom. The van der Waals surface area contributed by atoms with Gasteiger partial charge in [-0.15, -0.1) is 0 Å². The molecule has 1 aliphatic rings. The highest BCUT2D eigenvalue weighted by Crippen LogP contribution is 2.43. The van der Waals surface area contributed by atoms with E-state index in [-0.39, 0.29) is 17.3 Å². The summed E-state index contributed by atoms with van der Waals surface area (Å²) in [5.41, 5.74) is 3.88. The molecule has 1 aliphatic carbocycles. The number of nitrogens with zero attached hydrogens (tertiary/aromatic N) is 2. The molecular formula is C21H17N3O3. The third-order valence-electron chi connectivity index (χ3n) is 5.27. The van der Waals surface area contributed by atoms with Crippen LogP contribution in [0.5, 0.6) is 11.8 Å². The van der Waals surface area contributed by atoms with Crippen LogP contribution >= 0.6 is 0 Å². The van der Waals surface area contributed by atoms with E-state index in [1.165, 1.54) is 4.57 Å². The van der Waals surface area contributed by atoms with Crippen molar-refractivity contribution in [2.24, 2.45) is 0 Å². The second-order valence-corrected chi connectivity index (χ2v) is 6.83. The van der Waals surface area contributed by atoms with Gasteiger partial charge in [0.25, 0.3) is 5.56 Å². The monoisotopic (exact) mass is 359 g/mol. The van der Waals surface area contributed by atoms with Crippen molar-refractivity contribution in [2.75, 3.05) is 0 Å². The Morgan fingerprint density at radius 1 is 0.963 bits per heavy atom. The first kappa shape index (κ1) is 15.7. The van der Waals surface area contributed by atoms with E-state index < -0.39 is 0 Å². The van der Waals surface area contributed by atoms with Crippen LogP contribution in [0.2, 0.25) is 0 Å². The standard InChI is InChI=1S/C21H17N3O3/c25-19-15-7-2-1-6-14(15)18(22-23-19)11-12-4-3-5-13(10-12)24-20(26)16-8-9-17(16)21(24)27/h1-7,10,26-27H,8-9,11H2,(H,23,25). The fraction of sp³-hybridized carbons (Fsp3) is 0.143. The minimum Gasteiger partial charge on any atom is -0.494 e. The van der Waals surface area contributed by atoms with Crippen LogP contribution in [-0.4, -0.2) is 25.0 Å². The molecule has 0 atom stereocenters. The van der Waals surface area contributed by atoms with E-state index in [1.54, 1.807) is 6.07 Å². The molecule has 0 spiro atoms. The molecule has 5 rings (SSSR count). The molecule has 4 aromatic rings. The quantitative estimate of drug-likeness (QED) is 0.525. The highest BCUT2D eigenvalue weighted by Gasteiger charge is 2.29. The molecule has 0 aliphatic heterocycles. The smallest absolute Gasteiger partial charge is 0.272 e. The van der Waals surface area contributed by atoms with Crippen LogP contribution in [0.15, 0.2) is 53.3 Å². The van der Waals surface area contributed by atoms with E-state index in [0.717, 1.165) is 40.6 Å². The van der Waals surface area contributed by atoms with Gasteiger partial charge in [-0.1, -0.05) is 30.3 Å². The molecule has 0 amide bonds. The first-order valence-electron chi connectivity index (χ1n) is 8.83. The first-order valence-corrected chi connectivity index (χ1v) is 8.83. The van der Waals surface area contributed by atoms with Crippen molar-refractivity contribution in [1.29, 1.82) is 0 Å². The maximum absolute atomic E-state index is 12.0. The van der Waals surface area contributed by atoms with Gasteiger partial charge in [-0.3, -0.25) is 9.36 Å². The Labute approximate surface area is 154 Å². The Kier molecular flexibility index (Phi) is 3.33. The van der Waals surface area contributed by atoms with Crippen LogP contribution in [0.4, 0.5) is 0 Å². The maximum Gasteiger partial charge on any atom is 0.272 e. The van der Waals surface area contributed by atoms with E-state index in [2.05, 4.69) is 10.2 Å². The summed E-state index contributed by atoms with van der Waals surface area (Å²) in [4.78, 5) is 12.0. The molecule has 2 aromatic heterocycles. The number of nitrogens with one attached hydrogen (secondary N) is 1. The minimum absolute atomic E-state index is 0.110. The molecular weight excluding hydrogens is 342 g/mol. The summed E-state index contributed by atoms with van der Waals surface area (Å²) in [5, 5.41) is 29.0. The summed E-state index contributed by atoms with van der Waals surface area (Å²) < 4.78 is 1.49. The fourth-order valence-electron chi connectivity index (χ4n) is 3.79. The third-order valence-corrected chi connectivity index (χ3v) is 5.27. The fourth-order valence-corrected chi connectivity index (χ4v) is 3.79. The predicted octanol–water partition coefficient (Wildman–Crippen LogP) is 2.81. The highest BCUT2D eigenvalue weighted by atomic mass is 16.3. The molecule has 0 saturated heterocycles. The number of H-pyrrole nitrogens is 1. The number of hydrogen-bond donors (Lipinski definition) is 3. The van der Waals surface area contributed by atoms with Gasteiger partial charge in [-0.05, 0) is 36.6 Å². The number of benzene rings is 2. The van der Waals surface area contributed by atoms with Crippen molar-refractivity contribution < 1.29 is 10.2 Å². The Balaban J connectivity index is 1.57. The maximum atomic E-state index is 12.0. The summed E-state index contributed by atoms with van der Waals surface area (Å²) in [7, 11) is 0. The van der Waals surface area contributed by atoms with Crippen molar-refractivity contribution in [3.8, 4) is 17.4 Å². The zero-order chi connectivity index (χ0) is 18.5. The molecule has 27 heavy (non-hydrogen) atoms. The number of hydrogen-bond acceptors (Lipinski definition) is 4. The van der Waals surface area contributed by atoms with Gasteiger partial charge in [-0.25, -0.2) is 5.10 Å². The lowest BCUT2D eigenvalue weighted by atomic mass is 9.93. The van der Waals surface area contributed by atoms with Gasteiger partial charge in [0.05, 0.1) is 16.8 Å². The Hall–Kier alpha value is -3.54. The van der Waals surface area contributed by atoms with E-state index in [9.17, 15) is 15.0 Å². The van der Waals surface area contributed by atoms with Crippen LogP contribution in [-0.2, 0) is 19.3 Å². The van der Waals surface area contributed by atoms with Crippen LogP contribution in [0.1, 0.15) is 22.4 Å². The molecule has 0 unspecified atom stereocenters. The van der Waals surface area contributed by atoms with Crippen molar-refractivity contribution in [2.45, 2.75) is 19.3 Å². The molecule has 6 heteroatoms. The molecule has 0 bridgehead atoms. The molecule has 2 heterocycles. The Morgan fingerprint density at radius 3 is 2.37 bits per heavy atom. The lowest BCUT2D eigenvalue weighted by Crippen LogP contribution is -2.11. The van der Waals surface area contributed by atoms with Gasteiger partial charge in [0, 0.05) is 22.9 Å². The largest absolute Gasteiger partial charge is 0.494 e. The van der Waals surface area contributed by atoms with E-state index in [0.29, 0.717) is 17.5 Å². The molecule has 134 valence electrons. The summed E-state index contributed by atoms with van der Waals surface area (Å²) in [5.74, 6) is 0.219. The van der Waals surface area contributed by atoms with Crippen LogP contribution in [0.3, 0.4) is 0 Å². The summed E-state index contributed by atoms with van der Waals surface area (Å²) in [6, 6.07) is 15.0. The van der Waals surface area contributed by atoms with E-state index in [4.69, 9.17) is 0 Å². The summed E-state index contributed by atoms with van der Waals surface area (Å²) in [6.45, 7) is 0. The summed E-state index contributed by atoms with van der Waals surface area (Å²) in [6.07, 6.45) is 2.09. The lowest BCUT2D eigenvalue weighted by molar-refractivity contribution is 0.401. The average molecular weight is 359 g/mol. The lowest BCUT2D eigenvalue weighted by Gasteiger charge is -2.11. The molecule has 6 nitrogen and oxygen atoms in total. The van der Waals surface area contributed by atoms with E-state index in [1.807, 2.05) is 42.5 Å². The molecule has 0 fully saturated rings. The average Bonchev–Trinajstić information content (AvgIpc) is 2.80. The van der Waals surface area contributed by atoms with Gasteiger partial charge < -0.3 is 10.2 Å². The zero-order valence-corrected chi connectivity index (χ0v) is 14.4. The van der Waals surface area contributed by atoms with Crippen LogP contribution in [0.25, 0.3) is 16.5 Å². The van der Waals surface area contributed by atoms with Crippen molar-refractivity contribution >= 4 is 10.8 Å². The number of aromatic nitrogens is 3. The predicted molar refractivity (Wildman–Crippen MR) is 102 cm³/mol. The van der Waals surface area contributed by atoms with Crippen LogP contribution in [0, 0.1) is 0 Å². The minimum atomic E-state index is -0.205. The molecule has 0 saturated carbocycles. The van der Waals surface area contributed by atoms with Crippen molar-refractivity contribution in [3.05, 3.63) is 81.3 Å². The van der Waals surface area contributed by atoms with Gasteiger partial charge in [0.2, 0.25) is 11.8 Å². The SMILES string of the molecule is O=c1[nH]nc(Cc2cccc(-n3c(O)c4c(c3O)CC4)c2)c2ccccc12. The van der Waals surface area contributed by atoms with Gasteiger partial charge in [0.1, 0.15) is 0 Å². The normalized spacial score (nSPS) is 12.7. The van der Waals surface area contributed by atoms with Crippen molar-refractivity contribution in [3.63, 3.8) is 0 Å². The van der Waals surface area contributed by atoms with E-state index >= 15 is 0 Å². The number of aromatic hydroxyl groups is 2. The molecule has 0 radical (unpaired) electrons. The first-order chi connectivity index (χ1) is 13.1. The second kappa shape index (κ2) is 5.74. The third kappa shape index (κ3) is 2.33. The second-order valence-electron chi connectivity index (χ2n) is 6.83. The van der Waals surface area contributed by atoms with Gasteiger partial charge in [0.15, 0.2) is 0 Å². The zero-order valence-electron chi connectivity index (χ0n) is 14.4.